The van der Waals surface area contributed by atoms with Crippen LogP contribution in [-0.2, 0) is 23.1 Å². The summed E-state index contributed by atoms with van der Waals surface area (Å²) in [5.41, 5.74) is 6.73. The van der Waals surface area contributed by atoms with Gasteiger partial charge in [0.15, 0.2) is 0 Å². The van der Waals surface area contributed by atoms with Crippen LogP contribution in [0.1, 0.15) is 32.3 Å². The summed E-state index contributed by atoms with van der Waals surface area (Å²) in [6, 6.07) is 2.53. The van der Waals surface area contributed by atoms with Crippen LogP contribution in [0.3, 0.4) is 0 Å². The van der Waals surface area contributed by atoms with E-state index in [1.807, 2.05) is 0 Å². The highest BCUT2D eigenvalue weighted by molar-refractivity contribution is 7.53. The Labute approximate surface area is 137 Å². The highest BCUT2D eigenvalue weighted by Crippen LogP contribution is 2.51. The SMILES string of the molecule is CCOC(=O)[C@H](N)[C@@H](CP(=O)(OCC)OCC)c1cccnc1. The minimum Gasteiger partial charge on any atom is -0.465 e. The number of aromatic nitrogens is 1. The highest BCUT2D eigenvalue weighted by atomic mass is 31.2. The molecule has 0 aliphatic heterocycles. The lowest BCUT2D eigenvalue weighted by Crippen LogP contribution is -2.40. The Bertz CT molecular complexity index is 516. The van der Waals surface area contributed by atoms with Crippen LogP contribution in [0, 0.1) is 0 Å². The zero-order valence-corrected chi connectivity index (χ0v) is 14.7. The number of hydrogen-bond acceptors (Lipinski definition) is 7. The van der Waals surface area contributed by atoms with Gasteiger partial charge in [-0.2, -0.15) is 0 Å². The summed E-state index contributed by atoms with van der Waals surface area (Å²) in [5.74, 6) is -1.13. The summed E-state index contributed by atoms with van der Waals surface area (Å²) in [5, 5.41) is 0. The van der Waals surface area contributed by atoms with E-state index < -0.39 is 25.5 Å². The maximum absolute atomic E-state index is 12.8. The first-order valence-electron chi connectivity index (χ1n) is 7.67. The molecule has 0 aliphatic carbocycles. The van der Waals surface area contributed by atoms with Gasteiger partial charge in [-0.25, -0.2) is 0 Å². The first-order valence-corrected chi connectivity index (χ1v) is 9.40. The molecule has 0 spiro atoms. The fraction of sp³-hybridized carbons (Fsp3) is 0.600. The smallest absolute Gasteiger partial charge is 0.331 e. The number of ether oxygens (including phenoxy) is 1. The molecule has 0 aliphatic rings. The normalized spacial score (nSPS) is 14.3. The molecule has 0 saturated carbocycles. The monoisotopic (exact) mass is 344 g/mol. The van der Waals surface area contributed by atoms with Crippen LogP contribution in [0.25, 0.3) is 0 Å². The van der Waals surface area contributed by atoms with Crippen molar-refractivity contribution >= 4 is 13.6 Å². The predicted octanol–water partition coefficient (Wildman–Crippen LogP) is 2.32. The Morgan fingerprint density at radius 1 is 1.26 bits per heavy atom. The van der Waals surface area contributed by atoms with E-state index in [2.05, 4.69) is 4.98 Å². The number of nitrogens with zero attached hydrogens (tertiary/aromatic N) is 1. The number of carbonyl (C=O) groups excluding carboxylic acids is 1. The Hall–Kier alpha value is -1.27. The number of nitrogens with two attached hydrogens (primary N) is 1. The summed E-state index contributed by atoms with van der Waals surface area (Å²) in [7, 11) is -3.37. The molecule has 8 heteroatoms. The molecule has 0 aromatic carbocycles. The van der Waals surface area contributed by atoms with Crippen molar-refractivity contribution in [3.63, 3.8) is 0 Å². The number of esters is 1. The van der Waals surface area contributed by atoms with E-state index in [-0.39, 0.29) is 26.0 Å². The zero-order chi connectivity index (χ0) is 17.3. The van der Waals surface area contributed by atoms with E-state index in [0.717, 1.165) is 0 Å². The molecule has 1 rings (SSSR count). The fourth-order valence-corrected chi connectivity index (χ4v) is 4.19. The van der Waals surface area contributed by atoms with E-state index in [9.17, 15) is 9.36 Å². The molecule has 130 valence electrons. The first-order chi connectivity index (χ1) is 11.0. The first kappa shape index (κ1) is 19.8. The van der Waals surface area contributed by atoms with Crippen molar-refractivity contribution in [2.75, 3.05) is 26.0 Å². The van der Waals surface area contributed by atoms with Gasteiger partial charge < -0.3 is 19.5 Å². The van der Waals surface area contributed by atoms with E-state index in [1.54, 1.807) is 45.3 Å². The molecular weight excluding hydrogens is 319 g/mol. The highest BCUT2D eigenvalue weighted by Gasteiger charge is 2.36. The third-order valence-electron chi connectivity index (χ3n) is 3.18. The second-order valence-corrected chi connectivity index (χ2v) is 6.90. The minimum absolute atomic E-state index is 0.0135. The zero-order valence-electron chi connectivity index (χ0n) is 13.8. The number of rotatable bonds is 10. The van der Waals surface area contributed by atoms with Crippen molar-refractivity contribution in [3.05, 3.63) is 30.1 Å². The minimum atomic E-state index is -3.37. The van der Waals surface area contributed by atoms with Crippen molar-refractivity contribution in [2.45, 2.75) is 32.7 Å². The third kappa shape index (κ3) is 6.03. The molecule has 0 bridgehead atoms. The molecule has 7 nitrogen and oxygen atoms in total. The largest absolute Gasteiger partial charge is 0.465 e. The van der Waals surface area contributed by atoms with Crippen molar-refractivity contribution in [2.24, 2.45) is 5.73 Å². The topological polar surface area (TPSA) is 101 Å². The van der Waals surface area contributed by atoms with Crippen LogP contribution >= 0.6 is 7.60 Å². The molecule has 2 atom stereocenters. The molecule has 0 fully saturated rings. The Morgan fingerprint density at radius 3 is 2.39 bits per heavy atom. The van der Waals surface area contributed by atoms with Gasteiger partial charge in [0.05, 0.1) is 26.0 Å². The lowest BCUT2D eigenvalue weighted by Gasteiger charge is -2.26. The van der Waals surface area contributed by atoms with Crippen molar-refractivity contribution in [1.29, 1.82) is 0 Å². The predicted molar refractivity (Wildman–Crippen MR) is 87.3 cm³/mol. The average Bonchev–Trinajstić information content (AvgIpc) is 2.53. The molecule has 1 aromatic heterocycles. The molecule has 0 amide bonds. The molecule has 0 saturated heterocycles. The number of carbonyl (C=O) groups is 1. The van der Waals surface area contributed by atoms with Gasteiger partial charge in [-0.1, -0.05) is 6.07 Å². The molecular formula is C15H25N2O5P. The fourth-order valence-electron chi connectivity index (χ4n) is 2.20. The quantitative estimate of drug-likeness (QED) is 0.513. The Morgan fingerprint density at radius 2 is 1.91 bits per heavy atom. The van der Waals surface area contributed by atoms with Gasteiger partial charge in [-0.05, 0) is 32.4 Å². The molecule has 1 aromatic rings. The molecule has 23 heavy (non-hydrogen) atoms. The van der Waals surface area contributed by atoms with Gasteiger partial charge in [0.2, 0.25) is 0 Å². The van der Waals surface area contributed by atoms with Gasteiger partial charge in [-0.15, -0.1) is 0 Å². The van der Waals surface area contributed by atoms with Crippen LogP contribution in [0.4, 0.5) is 0 Å². The van der Waals surface area contributed by atoms with Crippen LogP contribution in [0.2, 0.25) is 0 Å². The summed E-state index contributed by atoms with van der Waals surface area (Å²) in [4.78, 5) is 16.1. The molecule has 2 N–H and O–H groups in total. The maximum Gasteiger partial charge on any atom is 0.331 e. The number of pyridine rings is 1. The summed E-state index contributed by atoms with van der Waals surface area (Å²) in [6.45, 7) is 5.87. The molecule has 0 unspecified atom stereocenters. The summed E-state index contributed by atoms with van der Waals surface area (Å²) < 4.78 is 28.4. The van der Waals surface area contributed by atoms with Gasteiger partial charge in [0.1, 0.15) is 6.04 Å². The van der Waals surface area contributed by atoms with E-state index >= 15 is 0 Å². The van der Waals surface area contributed by atoms with Crippen molar-refractivity contribution in [1.82, 2.24) is 4.98 Å². The second-order valence-electron chi connectivity index (χ2n) is 4.80. The van der Waals surface area contributed by atoms with E-state index in [4.69, 9.17) is 19.5 Å². The Kier molecular flexibility index (Phi) is 8.41. The molecule has 0 radical (unpaired) electrons. The average molecular weight is 344 g/mol. The van der Waals surface area contributed by atoms with Crippen LogP contribution in [-0.4, -0.2) is 43.0 Å². The lowest BCUT2D eigenvalue weighted by atomic mass is 9.95. The maximum atomic E-state index is 12.8. The summed E-state index contributed by atoms with van der Waals surface area (Å²) in [6.07, 6.45) is 3.19. The van der Waals surface area contributed by atoms with Gasteiger partial charge >= 0.3 is 13.6 Å². The van der Waals surface area contributed by atoms with Gasteiger partial charge in [0.25, 0.3) is 0 Å². The van der Waals surface area contributed by atoms with E-state index in [1.165, 1.54) is 0 Å². The van der Waals surface area contributed by atoms with Crippen molar-refractivity contribution < 1.29 is 23.1 Å². The van der Waals surface area contributed by atoms with Gasteiger partial charge in [-0.3, -0.25) is 14.3 Å². The van der Waals surface area contributed by atoms with Crippen LogP contribution in [0.15, 0.2) is 24.5 Å². The number of hydrogen-bond donors (Lipinski definition) is 1. The standard InChI is InChI=1S/C15H25N2O5P/c1-4-20-15(18)14(16)13(12-8-7-9-17-10-12)11-23(19,21-5-2)22-6-3/h7-10,13-14H,4-6,11,16H2,1-3H3/t13-,14+/m0/s1. The second kappa shape index (κ2) is 9.78. The van der Waals surface area contributed by atoms with E-state index in [0.29, 0.717) is 5.56 Å². The molecule has 1 heterocycles. The summed E-state index contributed by atoms with van der Waals surface area (Å²) >= 11 is 0. The van der Waals surface area contributed by atoms with Crippen LogP contribution in [0.5, 0.6) is 0 Å². The Balaban J connectivity index is 3.08. The van der Waals surface area contributed by atoms with Gasteiger partial charge in [0, 0.05) is 18.3 Å². The van der Waals surface area contributed by atoms with Crippen LogP contribution < -0.4 is 5.73 Å². The lowest BCUT2D eigenvalue weighted by molar-refractivity contribution is -0.145. The van der Waals surface area contributed by atoms with Crippen molar-refractivity contribution in [3.8, 4) is 0 Å². The third-order valence-corrected chi connectivity index (χ3v) is 5.32.